The Hall–Kier alpha value is -3.12. The van der Waals surface area contributed by atoms with Crippen LogP contribution < -0.4 is 10.3 Å². The standard InChI is InChI=1S/C22H24N2O4/c1-24(14-20(25)16-7-5-8-18(13-16)28-2)21(26)11-10-17-12-15-6-3-4-9-19(15)23-22(17)27/h3-9,12-13,20,25H,10-11,14H2,1-2H3,(H,23,27). The van der Waals surface area contributed by atoms with Gasteiger partial charge in [-0.15, -0.1) is 0 Å². The number of aliphatic hydroxyl groups excluding tert-OH is 1. The third-order valence-electron chi connectivity index (χ3n) is 4.79. The molecule has 0 saturated carbocycles. The predicted molar refractivity (Wildman–Crippen MR) is 108 cm³/mol. The number of hydrogen-bond donors (Lipinski definition) is 2. The Morgan fingerprint density at radius 1 is 1.18 bits per heavy atom. The molecule has 1 aromatic heterocycles. The second kappa shape index (κ2) is 8.71. The molecule has 0 saturated heterocycles. The van der Waals surface area contributed by atoms with Gasteiger partial charge in [0.15, 0.2) is 0 Å². The number of methoxy groups -OCH3 is 1. The number of aromatic amines is 1. The lowest BCUT2D eigenvalue weighted by Gasteiger charge is -2.21. The van der Waals surface area contributed by atoms with Gasteiger partial charge in [0.2, 0.25) is 5.91 Å². The number of hydrogen-bond acceptors (Lipinski definition) is 4. The highest BCUT2D eigenvalue weighted by Crippen LogP contribution is 2.20. The van der Waals surface area contributed by atoms with Gasteiger partial charge >= 0.3 is 0 Å². The first-order valence-corrected chi connectivity index (χ1v) is 9.15. The molecule has 0 aliphatic heterocycles. The lowest BCUT2D eigenvalue weighted by molar-refractivity contribution is -0.131. The summed E-state index contributed by atoms with van der Waals surface area (Å²) in [5.41, 5.74) is 1.87. The molecule has 1 atom stereocenters. The molecule has 0 aliphatic rings. The minimum atomic E-state index is -0.812. The van der Waals surface area contributed by atoms with Crippen molar-refractivity contribution in [1.29, 1.82) is 0 Å². The maximum absolute atomic E-state index is 12.5. The highest BCUT2D eigenvalue weighted by Gasteiger charge is 2.16. The number of aromatic nitrogens is 1. The first kappa shape index (κ1) is 19.6. The Kier molecular flexibility index (Phi) is 6.11. The topological polar surface area (TPSA) is 82.6 Å². The number of benzene rings is 2. The molecule has 0 spiro atoms. The molecule has 6 heteroatoms. The van der Waals surface area contributed by atoms with Crippen LogP contribution in [0.25, 0.3) is 10.9 Å². The van der Waals surface area contributed by atoms with E-state index in [-0.39, 0.29) is 24.4 Å². The van der Waals surface area contributed by atoms with Crippen LogP contribution in [0.1, 0.15) is 23.7 Å². The predicted octanol–water partition coefficient (Wildman–Crippen LogP) is 2.66. The number of aliphatic hydroxyl groups is 1. The SMILES string of the molecule is COc1cccc(C(O)CN(C)C(=O)CCc2cc3ccccc3[nH]c2=O)c1. The molecule has 2 aromatic carbocycles. The van der Waals surface area contributed by atoms with Crippen molar-refractivity contribution in [2.45, 2.75) is 18.9 Å². The summed E-state index contributed by atoms with van der Waals surface area (Å²) >= 11 is 0. The van der Waals surface area contributed by atoms with Crippen LogP contribution in [0.2, 0.25) is 0 Å². The van der Waals surface area contributed by atoms with E-state index in [0.29, 0.717) is 23.3 Å². The fourth-order valence-electron chi connectivity index (χ4n) is 3.13. The van der Waals surface area contributed by atoms with Gasteiger partial charge in [0.1, 0.15) is 5.75 Å². The lowest BCUT2D eigenvalue weighted by Crippen LogP contribution is -2.31. The van der Waals surface area contributed by atoms with Gasteiger partial charge in [-0.1, -0.05) is 30.3 Å². The normalized spacial score (nSPS) is 12.0. The molecule has 1 amide bonds. The summed E-state index contributed by atoms with van der Waals surface area (Å²) in [5.74, 6) is 0.524. The molecule has 3 rings (SSSR count). The zero-order valence-electron chi connectivity index (χ0n) is 16.0. The van der Waals surface area contributed by atoms with Crippen molar-refractivity contribution in [3.63, 3.8) is 0 Å². The number of fused-ring (bicyclic) bond motifs is 1. The minimum Gasteiger partial charge on any atom is -0.497 e. The van der Waals surface area contributed by atoms with Crippen molar-refractivity contribution >= 4 is 16.8 Å². The van der Waals surface area contributed by atoms with E-state index >= 15 is 0 Å². The van der Waals surface area contributed by atoms with Crippen LogP contribution >= 0.6 is 0 Å². The second-order valence-electron chi connectivity index (χ2n) is 6.78. The number of ether oxygens (including phenoxy) is 1. The van der Waals surface area contributed by atoms with Crippen molar-refractivity contribution in [3.8, 4) is 5.75 Å². The van der Waals surface area contributed by atoms with Crippen LogP contribution in [0, 0.1) is 0 Å². The van der Waals surface area contributed by atoms with Crippen molar-refractivity contribution in [3.05, 3.63) is 76.1 Å². The number of aryl methyl sites for hydroxylation is 1. The number of nitrogens with one attached hydrogen (secondary N) is 1. The van der Waals surface area contributed by atoms with Gasteiger partial charge < -0.3 is 19.7 Å². The summed E-state index contributed by atoms with van der Waals surface area (Å²) in [6, 6.07) is 16.5. The molecular formula is C22H24N2O4. The third kappa shape index (κ3) is 4.58. The van der Waals surface area contributed by atoms with E-state index in [9.17, 15) is 14.7 Å². The highest BCUT2D eigenvalue weighted by atomic mass is 16.5. The fourth-order valence-corrected chi connectivity index (χ4v) is 3.13. The molecule has 3 aromatic rings. The summed E-state index contributed by atoms with van der Waals surface area (Å²) in [4.78, 5) is 29.0. The summed E-state index contributed by atoms with van der Waals surface area (Å²) in [6.07, 6.45) is -0.269. The van der Waals surface area contributed by atoms with Gasteiger partial charge in [-0.25, -0.2) is 0 Å². The molecule has 0 radical (unpaired) electrons. The van der Waals surface area contributed by atoms with E-state index in [1.165, 1.54) is 4.90 Å². The van der Waals surface area contributed by atoms with Crippen LogP contribution in [0.4, 0.5) is 0 Å². The number of carbonyl (C=O) groups is 1. The first-order valence-electron chi connectivity index (χ1n) is 9.15. The van der Waals surface area contributed by atoms with Gasteiger partial charge in [0, 0.05) is 24.5 Å². The van der Waals surface area contributed by atoms with Crippen molar-refractivity contribution in [1.82, 2.24) is 9.88 Å². The third-order valence-corrected chi connectivity index (χ3v) is 4.79. The van der Waals surface area contributed by atoms with Gasteiger partial charge in [-0.05, 0) is 41.6 Å². The maximum atomic E-state index is 12.5. The highest BCUT2D eigenvalue weighted by molar-refractivity contribution is 5.79. The van der Waals surface area contributed by atoms with Crippen molar-refractivity contribution < 1.29 is 14.6 Å². The second-order valence-corrected chi connectivity index (χ2v) is 6.78. The van der Waals surface area contributed by atoms with Crippen molar-refractivity contribution in [2.75, 3.05) is 20.7 Å². The number of para-hydroxylation sites is 1. The minimum absolute atomic E-state index is 0.130. The van der Waals surface area contributed by atoms with Crippen LogP contribution in [-0.4, -0.2) is 41.6 Å². The number of rotatable bonds is 7. The number of pyridine rings is 1. The molecule has 1 unspecified atom stereocenters. The van der Waals surface area contributed by atoms with Crippen LogP contribution in [-0.2, 0) is 11.2 Å². The molecule has 0 fully saturated rings. The summed E-state index contributed by atoms with van der Waals surface area (Å²) in [7, 11) is 3.21. The Morgan fingerprint density at radius 2 is 1.96 bits per heavy atom. The Labute approximate surface area is 163 Å². The van der Waals surface area contributed by atoms with Gasteiger partial charge in [0.25, 0.3) is 5.56 Å². The van der Waals surface area contributed by atoms with Crippen LogP contribution in [0.3, 0.4) is 0 Å². The fraction of sp³-hybridized carbons (Fsp3) is 0.273. The zero-order valence-corrected chi connectivity index (χ0v) is 16.0. The van der Waals surface area contributed by atoms with E-state index in [2.05, 4.69) is 4.98 Å². The lowest BCUT2D eigenvalue weighted by atomic mass is 10.1. The van der Waals surface area contributed by atoms with E-state index < -0.39 is 6.10 Å². The smallest absolute Gasteiger partial charge is 0.251 e. The average molecular weight is 380 g/mol. The van der Waals surface area contributed by atoms with E-state index in [1.54, 1.807) is 38.4 Å². The van der Waals surface area contributed by atoms with Gasteiger partial charge in [0.05, 0.1) is 19.8 Å². The largest absolute Gasteiger partial charge is 0.497 e. The van der Waals surface area contributed by atoms with Crippen LogP contribution in [0.5, 0.6) is 5.75 Å². The monoisotopic (exact) mass is 380 g/mol. The summed E-state index contributed by atoms with van der Waals surface area (Å²) in [6.45, 7) is 0.167. The number of carbonyl (C=O) groups excluding carboxylic acids is 1. The number of amides is 1. The summed E-state index contributed by atoms with van der Waals surface area (Å²) < 4.78 is 5.16. The zero-order chi connectivity index (χ0) is 20.1. The van der Waals surface area contributed by atoms with Gasteiger partial charge in [-0.2, -0.15) is 0 Å². The van der Waals surface area contributed by atoms with E-state index in [0.717, 1.165) is 10.9 Å². The van der Waals surface area contributed by atoms with Crippen LogP contribution in [0.15, 0.2) is 59.4 Å². The van der Waals surface area contributed by atoms with E-state index in [1.807, 2.05) is 30.3 Å². The first-order chi connectivity index (χ1) is 13.5. The Morgan fingerprint density at radius 3 is 2.75 bits per heavy atom. The van der Waals surface area contributed by atoms with E-state index in [4.69, 9.17) is 4.74 Å². The number of nitrogens with zero attached hydrogens (tertiary/aromatic N) is 1. The molecule has 6 nitrogen and oxygen atoms in total. The quantitative estimate of drug-likeness (QED) is 0.660. The molecular weight excluding hydrogens is 356 g/mol. The molecule has 2 N–H and O–H groups in total. The molecule has 0 aliphatic carbocycles. The molecule has 1 heterocycles. The molecule has 28 heavy (non-hydrogen) atoms. The number of H-pyrrole nitrogens is 1. The average Bonchev–Trinajstić information content (AvgIpc) is 2.71. The van der Waals surface area contributed by atoms with Crippen molar-refractivity contribution in [2.24, 2.45) is 0 Å². The summed E-state index contributed by atoms with van der Waals surface area (Å²) in [5, 5.41) is 11.3. The van der Waals surface area contributed by atoms with Gasteiger partial charge in [-0.3, -0.25) is 9.59 Å². The number of likely N-dealkylation sites (N-methyl/N-ethyl adjacent to an activating group) is 1. The Balaban J connectivity index is 1.61. The Bertz CT molecular complexity index is 1030. The maximum Gasteiger partial charge on any atom is 0.251 e. The molecule has 0 bridgehead atoms. The molecule has 146 valence electrons.